The summed E-state index contributed by atoms with van der Waals surface area (Å²) in [6.45, 7) is 8.90. The van der Waals surface area contributed by atoms with E-state index in [4.69, 9.17) is 0 Å². The highest BCUT2D eigenvalue weighted by molar-refractivity contribution is 5.87. The molecular formula is C20H32O3. The summed E-state index contributed by atoms with van der Waals surface area (Å²) >= 11 is 0. The van der Waals surface area contributed by atoms with E-state index in [0.29, 0.717) is 24.2 Å². The fourth-order valence-electron chi connectivity index (χ4n) is 4.98. The lowest BCUT2D eigenvalue weighted by molar-refractivity contribution is -0.134. The van der Waals surface area contributed by atoms with E-state index in [1.807, 2.05) is 0 Å². The molecule has 0 bridgehead atoms. The van der Waals surface area contributed by atoms with Crippen molar-refractivity contribution >= 4 is 5.97 Å². The minimum Gasteiger partial charge on any atom is -0.478 e. The molecule has 3 heteroatoms. The zero-order valence-electron chi connectivity index (χ0n) is 15.0. The lowest BCUT2D eigenvalue weighted by Crippen LogP contribution is -2.41. The summed E-state index contributed by atoms with van der Waals surface area (Å²) < 4.78 is 0. The molecule has 1 saturated carbocycles. The summed E-state index contributed by atoms with van der Waals surface area (Å²) in [5.41, 5.74) is 1.66. The van der Waals surface area contributed by atoms with Crippen LogP contribution in [-0.4, -0.2) is 22.3 Å². The monoisotopic (exact) mass is 320 g/mol. The second-order valence-corrected chi connectivity index (χ2v) is 8.04. The Morgan fingerprint density at radius 1 is 1.43 bits per heavy atom. The minimum atomic E-state index is -0.967. The molecule has 5 atom stereocenters. The van der Waals surface area contributed by atoms with Crippen molar-refractivity contribution in [2.45, 2.75) is 72.3 Å². The molecule has 0 aromatic heterocycles. The number of hydrogen-bond acceptors (Lipinski definition) is 2. The van der Waals surface area contributed by atoms with E-state index in [-0.39, 0.29) is 11.0 Å². The van der Waals surface area contributed by atoms with Gasteiger partial charge in [-0.2, -0.15) is 0 Å². The van der Waals surface area contributed by atoms with Crippen molar-refractivity contribution in [2.24, 2.45) is 23.2 Å². The van der Waals surface area contributed by atoms with Crippen LogP contribution in [0.3, 0.4) is 0 Å². The molecule has 130 valence electrons. The van der Waals surface area contributed by atoms with Gasteiger partial charge >= 0.3 is 5.97 Å². The van der Waals surface area contributed by atoms with Gasteiger partial charge < -0.3 is 10.2 Å². The van der Waals surface area contributed by atoms with Crippen molar-refractivity contribution in [1.29, 1.82) is 0 Å². The Morgan fingerprint density at radius 2 is 2.13 bits per heavy atom. The van der Waals surface area contributed by atoms with Crippen LogP contribution in [0.1, 0.15) is 66.2 Å². The molecule has 0 aromatic rings. The molecule has 3 nitrogen and oxygen atoms in total. The first-order chi connectivity index (χ1) is 10.8. The average Bonchev–Trinajstić information content (AvgIpc) is 2.75. The fraction of sp³-hybridized carbons (Fsp3) is 0.750. The van der Waals surface area contributed by atoms with E-state index < -0.39 is 12.1 Å². The van der Waals surface area contributed by atoms with Crippen LogP contribution in [0.15, 0.2) is 23.3 Å². The maximum absolute atomic E-state index is 11.2. The van der Waals surface area contributed by atoms with Crippen LogP contribution in [-0.2, 0) is 4.79 Å². The topological polar surface area (TPSA) is 57.5 Å². The highest BCUT2D eigenvalue weighted by Crippen LogP contribution is 2.58. The number of aliphatic hydroxyl groups excluding tert-OH is 1. The van der Waals surface area contributed by atoms with Gasteiger partial charge in [0.05, 0.1) is 11.7 Å². The van der Waals surface area contributed by atoms with Crippen LogP contribution in [0, 0.1) is 23.2 Å². The number of carbonyl (C=O) groups is 1. The second-order valence-electron chi connectivity index (χ2n) is 8.04. The van der Waals surface area contributed by atoms with E-state index in [1.54, 1.807) is 6.08 Å². The molecule has 2 N–H and O–H groups in total. The van der Waals surface area contributed by atoms with Gasteiger partial charge in [-0.05, 0) is 75.5 Å². The lowest BCUT2D eigenvalue weighted by Gasteiger charge is -2.45. The number of carboxylic acid groups (broad SMARTS) is 1. The first-order valence-corrected chi connectivity index (χ1v) is 9.02. The molecule has 23 heavy (non-hydrogen) atoms. The molecule has 0 heterocycles. The quantitative estimate of drug-likeness (QED) is 0.730. The second kappa shape index (κ2) is 7.21. The number of hydrogen-bond donors (Lipinski definition) is 2. The molecule has 0 aliphatic heterocycles. The lowest BCUT2D eigenvalue weighted by atomic mass is 9.60. The van der Waals surface area contributed by atoms with Crippen LogP contribution in [0.5, 0.6) is 0 Å². The summed E-state index contributed by atoms with van der Waals surface area (Å²) in [5.74, 6) is 0.789. The van der Waals surface area contributed by atoms with E-state index in [0.717, 1.165) is 12.8 Å². The molecular weight excluding hydrogens is 288 g/mol. The number of carboxylic acids is 1. The van der Waals surface area contributed by atoms with Crippen LogP contribution >= 0.6 is 0 Å². The van der Waals surface area contributed by atoms with Gasteiger partial charge in [-0.25, -0.2) is 4.79 Å². The Balaban J connectivity index is 2.15. The van der Waals surface area contributed by atoms with E-state index >= 15 is 0 Å². The SMILES string of the molecule is CC(C)=CCCC(C)C1CCC(C)C12CC=C(C(=O)O)C(O)C2. The van der Waals surface area contributed by atoms with Crippen molar-refractivity contribution in [2.75, 3.05) is 0 Å². The molecule has 0 saturated heterocycles. The summed E-state index contributed by atoms with van der Waals surface area (Å²) in [4.78, 5) is 11.2. The highest BCUT2D eigenvalue weighted by atomic mass is 16.4. The van der Waals surface area contributed by atoms with Gasteiger partial charge in [0, 0.05) is 0 Å². The summed E-state index contributed by atoms with van der Waals surface area (Å²) in [6, 6.07) is 0. The maximum atomic E-state index is 11.2. The van der Waals surface area contributed by atoms with Gasteiger partial charge in [0.2, 0.25) is 0 Å². The standard InChI is InChI=1S/C20H32O3/c1-13(2)6-5-7-14(3)17-9-8-15(4)20(17)11-10-16(19(22)23)18(21)12-20/h6,10,14-15,17-18,21H,5,7-9,11-12H2,1-4H3,(H,22,23). The Kier molecular flexibility index (Phi) is 5.72. The van der Waals surface area contributed by atoms with Gasteiger partial charge in [-0.15, -0.1) is 0 Å². The molecule has 5 unspecified atom stereocenters. The largest absolute Gasteiger partial charge is 0.478 e. The number of aliphatic hydroxyl groups is 1. The third kappa shape index (κ3) is 3.71. The molecule has 1 fully saturated rings. The Bertz CT molecular complexity index is 501. The van der Waals surface area contributed by atoms with Crippen LogP contribution < -0.4 is 0 Å². The molecule has 2 rings (SSSR count). The zero-order valence-corrected chi connectivity index (χ0v) is 15.0. The van der Waals surface area contributed by atoms with Gasteiger partial charge in [0.15, 0.2) is 0 Å². The molecule has 0 aromatic carbocycles. The Labute approximate surface area is 140 Å². The molecule has 1 spiro atoms. The van der Waals surface area contributed by atoms with Gasteiger partial charge in [-0.3, -0.25) is 0 Å². The third-order valence-corrected chi connectivity index (χ3v) is 6.37. The summed E-state index contributed by atoms with van der Waals surface area (Å²) in [6.07, 6.45) is 9.41. The van der Waals surface area contributed by atoms with E-state index in [2.05, 4.69) is 33.8 Å². The molecule has 2 aliphatic rings. The van der Waals surface area contributed by atoms with Crippen molar-refractivity contribution < 1.29 is 15.0 Å². The maximum Gasteiger partial charge on any atom is 0.333 e. The van der Waals surface area contributed by atoms with Crippen molar-refractivity contribution in [3.05, 3.63) is 23.3 Å². The van der Waals surface area contributed by atoms with E-state index in [1.165, 1.54) is 24.8 Å². The Morgan fingerprint density at radius 3 is 2.70 bits per heavy atom. The fourth-order valence-corrected chi connectivity index (χ4v) is 4.98. The van der Waals surface area contributed by atoms with Crippen molar-refractivity contribution in [1.82, 2.24) is 0 Å². The molecule has 2 aliphatic carbocycles. The first kappa shape index (κ1) is 18.3. The van der Waals surface area contributed by atoms with Crippen LogP contribution in [0.2, 0.25) is 0 Å². The van der Waals surface area contributed by atoms with E-state index in [9.17, 15) is 15.0 Å². The zero-order chi connectivity index (χ0) is 17.2. The summed E-state index contributed by atoms with van der Waals surface area (Å²) in [7, 11) is 0. The highest BCUT2D eigenvalue weighted by Gasteiger charge is 2.51. The third-order valence-electron chi connectivity index (χ3n) is 6.37. The predicted molar refractivity (Wildman–Crippen MR) is 93.1 cm³/mol. The number of aliphatic carboxylic acids is 1. The van der Waals surface area contributed by atoms with Gasteiger partial charge in [0.25, 0.3) is 0 Å². The van der Waals surface area contributed by atoms with Crippen molar-refractivity contribution in [3.63, 3.8) is 0 Å². The molecule has 0 radical (unpaired) electrons. The number of allylic oxidation sites excluding steroid dienone is 3. The smallest absolute Gasteiger partial charge is 0.333 e. The normalized spacial score (nSPS) is 35.0. The van der Waals surface area contributed by atoms with Gasteiger partial charge in [0.1, 0.15) is 0 Å². The predicted octanol–water partition coefficient (Wildman–Crippen LogP) is 4.57. The van der Waals surface area contributed by atoms with Crippen LogP contribution in [0.4, 0.5) is 0 Å². The molecule has 0 amide bonds. The summed E-state index contributed by atoms with van der Waals surface area (Å²) in [5, 5.41) is 19.6. The first-order valence-electron chi connectivity index (χ1n) is 9.02. The Hall–Kier alpha value is -1.09. The van der Waals surface area contributed by atoms with Crippen molar-refractivity contribution in [3.8, 4) is 0 Å². The van der Waals surface area contributed by atoms with Crippen LogP contribution in [0.25, 0.3) is 0 Å². The number of rotatable bonds is 5. The van der Waals surface area contributed by atoms with Gasteiger partial charge in [-0.1, -0.05) is 31.6 Å². The minimum absolute atomic E-state index is 0.0861. The average molecular weight is 320 g/mol.